The summed E-state index contributed by atoms with van der Waals surface area (Å²) in [5.41, 5.74) is 17.2. The van der Waals surface area contributed by atoms with Crippen molar-refractivity contribution in [1.29, 1.82) is 0 Å². The molecule has 0 N–H and O–H groups in total. The summed E-state index contributed by atoms with van der Waals surface area (Å²) >= 11 is 5.99. The van der Waals surface area contributed by atoms with Crippen LogP contribution in [0.2, 0.25) is 5.15 Å². The molecule has 23 heavy (non-hydrogen) atoms. The summed E-state index contributed by atoms with van der Waals surface area (Å²) in [6.45, 7) is 0. The lowest BCUT2D eigenvalue weighted by Gasteiger charge is -2.05. The van der Waals surface area contributed by atoms with E-state index < -0.39 is 0 Å². The van der Waals surface area contributed by atoms with Gasteiger partial charge in [-0.1, -0.05) is 11.6 Å². The molecule has 0 amide bonds. The molecule has 3 heterocycles. The number of rotatable bonds is 4. The highest BCUT2D eigenvalue weighted by Crippen LogP contribution is 2.18. The van der Waals surface area contributed by atoms with Crippen LogP contribution in [0.3, 0.4) is 0 Å². The van der Waals surface area contributed by atoms with Crippen molar-refractivity contribution in [3.05, 3.63) is 50.8 Å². The molecule has 0 aliphatic heterocycles. The van der Waals surface area contributed by atoms with Gasteiger partial charge in [-0.3, -0.25) is 0 Å². The number of nitrogens with zero attached hydrogens (tertiary/aromatic N) is 13. The third-order valence-corrected chi connectivity index (χ3v) is 2.69. The maximum atomic E-state index is 8.37. The highest BCUT2D eigenvalue weighted by molar-refractivity contribution is 6.29. The van der Waals surface area contributed by atoms with Crippen molar-refractivity contribution < 1.29 is 0 Å². The van der Waals surface area contributed by atoms with Crippen LogP contribution >= 0.6 is 11.6 Å². The van der Waals surface area contributed by atoms with Crippen LogP contribution in [-0.2, 0) is 0 Å². The van der Waals surface area contributed by atoms with E-state index in [2.05, 4.69) is 45.2 Å². The summed E-state index contributed by atoms with van der Waals surface area (Å²) in [5, 5.41) is 14.6. The van der Waals surface area contributed by atoms with Gasteiger partial charge >= 0.3 is 0 Å². The summed E-state index contributed by atoms with van der Waals surface area (Å²) < 4.78 is 2.64. The van der Waals surface area contributed by atoms with Crippen molar-refractivity contribution in [2.75, 3.05) is 0 Å². The third kappa shape index (κ3) is 3.01. The molecule has 0 unspecified atom stereocenters. The number of hydrogen-bond acceptors (Lipinski definition) is 7. The Morgan fingerprint density at radius 3 is 2.22 bits per heavy atom. The van der Waals surface area contributed by atoms with Crippen molar-refractivity contribution in [3.63, 3.8) is 0 Å². The molecule has 3 aromatic heterocycles. The normalized spacial score (nSPS) is 9.96. The van der Waals surface area contributed by atoms with E-state index in [-0.39, 0.29) is 17.0 Å². The van der Waals surface area contributed by atoms with Crippen LogP contribution in [0.4, 0.5) is 11.9 Å². The second-order valence-electron chi connectivity index (χ2n) is 3.86. The smallest absolute Gasteiger partial charge is 0.220 e. The lowest BCUT2D eigenvalue weighted by Crippen LogP contribution is -2.02. The summed E-state index contributed by atoms with van der Waals surface area (Å²) in [6, 6.07) is 3.12. The van der Waals surface area contributed by atoms with Crippen LogP contribution in [-0.4, -0.2) is 34.5 Å². The van der Waals surface area contributed by atoms with Gasteiger partial charge < -0.3 is 0 Å². The van der Waals surface area contributed by atoms with Gasteiger partial charge in [0.1, 0.15) is 17.8 Å². The number of azide groups is 2. The molecule has 0 aliphatic rings. The lowest BCUT2D eigenvalue weighted by molar-refractivity contribution is 0.828. The fourth-order valence-corrected chi connectivity index (χ4v) is 1.83. The van der Waals surface area contributed by atoms with E-state index in [0.29, 0.717) is 11.5 Å². The number of halogens is 1. The first-order chi connectivity index (χ1) is 11.2. The van der Waals surface area contributed by atoms with Gasteiger partial charge in [0.05, 0.1) is 5.69 Å². The zero-order valence-electron chi connectivity index (χ0n) is 11.0. The van der Waals surface area contributed by atoms with Gasteiger partial charge in [0.25, 0.3) is 0 Å². The predicted octanol–water partition coefficient (Wildman–Crippen LogP) is 2.78. The Kier molecular flexibility index (Phi) is 3.72. The summed E-state index contributed by atoms with van der Waals surface area (Å²) in [5.74, 6) is 0.232. The minimum Gasteiger partial charge on any atom is -0.220 e. The molecule has 0 spiro atoms. The Labute approximate surface area is 131 Å². The second kappa shape index (κ2) is 5.99. The SMILES string of the molecule is [N-]=[N+]=Nc1ncn(-c2cc(Cl)nc(-n3cnc(N=[N+]=[N-])n3)c2)n1. The minimum absolute atomic E-state index is 0.0339. The lowest BCUT2D eigenvalue weighted by atomic mass is 10.4. The Hall–Kier alpha value is -3.66. The van der Waals surface area contributed by atoms with Gasteiger partial charge in [-0.25, -0.2) is 24.3 Å². The summed E-state index contributed by atoms with van der Waals surface area (Å²) in [6.07, 6.45) is 2.67. The number of pyridine rings is 1. The quantitative estimate of drug-likeness (QED) is 0.309. The van der Waals surface area contributed by atoms with Gasteiger partial charge in [0.2, 0.25) is 11.9 Å². The highest BCUT2D eigenvalue weighted by atomic mass is 35.5. The van der Waals surface area contributed by atoms with Crippen LogP contribution < -0.4 is 0 Å². The standard InChI is InChI=1S/C9H4ClN13/c10-6-1-5(22-3-13-8(18-22)16-20-11)2-7(15-6)23-4-14-9(19-23)17-21-12/h1-4H. The zero-order valence-corrected chi connectivity index (χ0v) is 11.8. The summed E-state index contributed by atoms with van der Waals surface area (Å²) in [4.78, 5) is 16.9. The molecule has 0 aliphatic carbocycles. The van der Waals surface area contributed by atoms with E-state index in [1.165, 1.54) is 28.1 Å². The maximum Gasteiger partial charge on any atom is 0.238 e. The van der Waals surface area contributed by atoms with E-state index in [1.807, 2.05) is 0 Å². The van der Waals surface area contributed by atoms with Crippen LogP contribution in [0.15, 0.2) is 35.0 Å². The van der Waals surface area contributed by atoms with E-state index in [0.717, 1.165) is 0 Å². The molecule has 0 saturated carbocycles. The topological polar surface area (TPSA) is 172 Å². The van der Waals surface area contributed by atoms with Crippen molar-refractivity contribution in [1.82, 2.24) is 34.5 Å². The molecule has 0 atom stereocenters. The predicted molar refractivity (Wildman–Crippen MR) is 76.7 cm³/mol. The van der Waals surface area contributed by atoms with Gasteiger partial charge in [-0.05, 0) is 21.3 Å². The maximum absolute atomic E-state index is 8.37. The Balaban J connectivity index is 2.03. The average molecular weight is 330 g/mol. The number of hydrogen-bond donors (Lipinski definition) is 0. The molecule has 0 aromatic carbocycles. The fourth-order valence-electron chi connectivity index (χ4n) is 1.63. The second-order valence-corrected chi connectivity index (χ2v) is 4.25. The molecular formula is C9H4ClN13. The van der Waals surface area contributed by atoms with Crippen molar-refractivity contribution in [3.8, 4) is 11.5 Å². The first-order valence-electron chi connectivity index (χ1n) is 5.81. The monoisotopic (exact) mass is 329 g/mol. The minimum atomic E-state index is -0.0535. The van der Waals surface area contributed by atoms with E-state index in [4.69, 9.17) is 22.7 Å². The van der Waals surface area contributed by atoms with Crippen LogP contribution in [0.5, 0.6) is 0 Å². The molecular weight excluding hydrogens is 326 g/mol. The van der Waals surface area contributed by atoms with Crippen LogP contribution in [0, 0.1) is 0 Å². The molecule has 0 saturated heterocycles. The van der Waals surface area contributed by atoms with Crippen molar-refractivity contribution in [2.45, 2.75) is 0 Å². The van der Waals surface area contributed by atoms with Crippen molar-refractivity contribution in [2.24, 2.45) is 10.2 Å². The van der Waals surface area contributed by atoms with E-state index in [1.54, 1.807) is 6.07 Å². The van der Waals surface area contributed by atoms with Gasteiger partial charge in [0.15, 0.2) is 5.82 Å². The Morgan fingerprint density at radius 1 is 0.957 bits per heavy atom. The molecule has 3 rings (SSSR count). The van der Waals surface area contributed by atoms with Gasteiger partial charge in [-0.2, -0.15) is 0 Å². The third-order valence-electron chi connectivity index (χ3n) is 2.49. The van der Waals surface area contributed by atoms with Crippen LogP contribution in [0.1, 0.15) is 0 Å². The van der Waals surface area contributed by atoms with E-state index >= 15 is 0 Å². The average Bonchev–Trinajstić information content (AvgIpc) is 3.17. The Morgan fingerprint density at radius 2 is 1.57 bits per heavy atom. The first-order valence-corrected chi connectivity index (χ1v) is 6.19. The molecule has 0 radical (unpaired) electrons. The molecule has 0 fully saturated rings. The summed E-state index contributed by atoms with van der Waals surface area (Å²) in [7, 11) is 0. The largest absolute Gasteiger partial charge is 0.238 e. The van der Waals surface area contributed by atoms with Gasteiger partial charge in [-0.15, -0.1) is 10.2 Å². The van der Waals surface area contributed by atoms with Crippen LogP contribution in [0.25, 0.3) is 32.4 Å². The molecule has 13 nitrogen and oxygen atoms in total. The molecule has 14 heteroatoms. The Bertz CT molecular complexity index is 883. The van der Waals surface area contributed by atoms with Gasteiger partial charge in [0, 0.05) is 22.0 Å². The molecule has 3 aromatic rings. The molecule has 112 valence electrons. The van der Waals surface area contributed by atoms with E-state index in [9.17, 15) is 0 Å². The first kappa shape index (κ1) is 14.3. The zero-order chi connectivity index (χ0) is 16.2. The molecule has 0 bridgehead atoms. The van der Waals surface area contributed by atoms with Crippen molar-refractivity contribution >= 4 is 23.5 Å². The number of aromatic nitrogens is 7. The highest BCUT2D eigenvalue weighted by Gasteiger charge is 2.09. The fraction of sp³-hybridized carbons (Fsp3) is 0.